The van der Waals surface area contributed by atoms with Gasteiger partial charge in [0, 0.05) is 3.57 Å². The number of nitrogens with one attached hydrogen (secondary N) is 1. The molecular weight excluding hydrogens is 390 g/mol. The molecule has 1 aromatic carbocycles. The number of carbonyl (C=O) groups excluding carboxylic acids is 2. The zero-order chi connectivity index (χ0) is 15.9. The third-order valence-electron chi connectivity index (χ3n) is 1.90. The van der Waals surface area contributed by atoms with Gasteiger partial charge in [-0.15, -0.1) is 0 Å². The predicted octanol–water partition coefficient (Wildman–Crippen LogP) is 3.60. The van der Waals surface area contributed by atoms with Gasteiger partial charge in [0.25, 0.3) is 0 Å². The molecule has 8 heteroatoms. The van der Waals surface area contributed by atoms with Crippen LogP contribution in [0, 0.1) is 3.57 Å². The molecule has 1 aromatic rings. The molecule has 1 N–H and O–H groups in total. The summed E-state index contributed by atoms with van der Waals surface area (Å²) in [6, 6.07) is 3.79. The quantitative estimate of drug-likeness (QED) is 0.607. The number of rotatable bonds is 2. The van der Waals surface area contributed by atoms with Crippen LogP contribution in [0.1, 0.15) is 24.2 Å². The molecule has 0 radical (unpaired) electrons. The van der Waals surface area contributed by atoms with Gasteiger partial charge in [0.05, 0.1) is 18.4 Å². The summed E-state index contributed by atoms with van der Waals surface area (Å²) in [5, 5.41) is 1.71. The van der Waals surface area contributed by atoms with Gasteiger partial charge in [0.1, 0.15) is 0 Å². The number of halogens is 4. The predicted molar refractivity (Wildman–Crippen MR) is 76.5 cm³/mol. The van der Waals surface area contributed by atoms with Gasteiger partial charge in [-0.25, -0.2) is 4.79 Å². The summed E-state index contributed by atoms with van der Waals surface area (Å²) in [5.41, 5.74) is 0.164. The second kappa shape index (κ2) is 8.08. The number of carbonyl (C=O) groups is 2. The standard InChI is InChI=1S/C10H7F3INO3.C2H6/c1-18-8(16)5-2-3-7(6(14)4-5)15-9(17)10(11,12)13;1-2/h2-4H,1H3,(H,15,17);1-2H3. The normalized spacial score (nSPS) is 10.2. The summed E-state index contributed by atoms with van der Waals surface area (Å²) in [5.74, 6) is -2.67. The lowest BCUT2D eigenvalue weighted by molar-refractivity contribution is -0.167. The van der Waals surface area contributed by atoms with Gasteiger partial charge in [0.2, 0.25) is 0 Å². The summed E-state index contributed by atoms with van der Waals surface area (Å²) in [6.07, 6.45) is -4.95. The average molecular weight is 403 g/mol. The molecule has 0 bridgehead atoms. The summed E-state index contributed by atoms with van der Waals surface area (Å²) in [6.45, 7) is 4.00. The van der Waals surface area contributed by atoms with Gasteiger partial charge in [-0.3, -0.25) is 4.79 Å². The van der Waals surface area contributed by atoms with Crippen LogP contribution in [0.4, 0.5) is 18.9 Å². The Morgan fingerprint density at radius 2 is 1.80 bits per heavy atom. The third-order valence-corrected chi connectivity index (χ3v) is 2.79. The maximum absolute atomic E-state index is 12.0. The highest BCUT2D eigenvalue weighted by molar-refractivity contribution is 14.1. The van der Waals surface area contributed by atoms with Crippen molar-refractivity contribution < 1.29 is 27.5 Å². The van der Waals surface area contributed by atoms with E-state index in [9.17, 15) is 22.8 Å². The van der Waals surface area contributed by atoms with Crippen LogP contribution in [0.15, 0.2) is 18.2 Å². The molecular formula is C12H13F3INO3. The second-order valence-electron chi connectivity index (χ2n) is 3.14. The van der Waals surface area contributed by atoms with Crippen LogP contribution >= 0.6 is 22.6 Å². The van der Waals surface area contributed by atoms with Crippen LogP contribution in [0.5, 0.6) is 0 Å². The SMILES string of the molecule is CC.COC(=O)c1ccc(NC(=O)C(F)(F)F)c(I)c1. The first kappa shape index (κ1) is 18.7. The van der Waals surface area contributed by atoms with Crippen molar-refractivity contribution in [2.75, 3.05) is 12.4 Å². The molecule has 0 saturated heterocycles. The van der Waals surface area contributed by atoms with E-state index in [2.05, 4.69) is 4.74 Å². The fourth-order valence-electron chi connectivity index (χ4n) is 1.05. The minimum Gasteiger partial charge on any atom is -0.465 e. The Morgan fingerprint density at radius 1 is 1.25 bits per heavy atom. The van der Waals surface area contributed by atoms with Crippen LogP contribution in [0.25, 0.3) is 0 Å². The van der Waals surface area contributed by atoms with Crippen molar-refractivity contribution in [3.8, 4) is 0 Å². The van der Waals surface area contributed by atoms with Gasteiger partial charge in [-0.05, 0) is 40.8 Å². The molecule has 0 atom stereocenters. The number of hydrogen-bond donors (Lipinski definition) is 1. The molecule has 4 nitrogen and oxygen atoms in total. The van der Waals surface area contributed by atoms with E-state index in [0.717, 1.165) is 0 Å². The van der Waals surface area contributed by atoms with Crippen LogP contribution in [-0.2, 0) is 9.53 Å². The van der Waals surface area contributed by atoms with Crippen molar-refractivity contribution in [2.45, 2.75) is 20.0 Å². The fourth-order valence-corrected chi connectivity index (χ4v) is 1.70. The van der Waals surface area contributed by atoms with Crippen molar-refractivity contribution in [1.82, 2.24) is 0 Å². The Hall–Kier alpha value is -1.32. The topological polar surface area (TPSA) is 55.4 Å². The van der Waals surface area contributed by atoms with Crippen LogP contribution < -0.4 is 5.32 Å². The minimum atomic E-state index is -4.95. The summed E-state index contributed by atoms with van der Waals surface area (Å²) < 4.78 is 40.9. The largest absolute Gasteiger partial charge is 0.471 e. The summed E-state index contributed by atoms with van der Waals surface area (Å²) >= 11 is 1.71. The van der Waals surface area contributed by atoms with Gasteiger partial charge in [-0.2, -0.15) is 13.2 Å². The van der Waals surface area contributed by atoms with E-state index in [1.54, 1.807) is 27.9 Å². The van der Waals surface area contributed by atoms with Crippen molar-refractivity contribution in [1.29, 1.82) is 0 Å². The Balaban J connectivity index is 0.00000172. The highest BCUT2D eigenvalue weighted by Crippen LogP contribution is 2.23. The Morgan fingerprint density at radius 3 is 2.20 bits per heavy atom. The van der Waals surface area contributed by atoms with Gasteiger partial charge < -0.3 is 10.1 Å². The van der Waals surface area contributed by atoms with E-state index in [1.807, 2.05) is 13.8 Å². The van der Waals surface area contributed by atoms with Crippen LogP contribution in [0.2, 0.25) is 0 Å². The van der Waals surface area contributed by atoms with E-state index < -0.39 is 18.1 Å². The maximum atomic E-state index is 12.0. The number of ether oxygens (including phenoxy) is 1. The molecule has 20 heavy (non-hydrogen) atoms. The van der Waals surface area contributed by atoms with Crippen molar-refractivity contribution in [3.05, 3.63) is 27.3 Å². The van der Waals surface area contributed by atoms with Crippen LogP contribution in [0.3, 0.4) is 0 Å². The minimum absolute atomic E-state index is 0.0226. The number of amides is 1. The van der Waals surface area contributed by atoms with Gasteiger partial charge >= 0.3 is 18.1 Å². The van der Waals surface area contributed by atoms with E-state index >= 15 is 0 Å². The molecule has 0 saturated carbocycles. The lowest BCUT2D eigenvalue weighted by Crippen LogP contribution is -2.30. The molecule has 0 aromatic heterocycles. The number of benzene rings is 1. The van der Waals surface area contributed by atoms with E-state index in [0.29, 0.717) is 3.57 Å². The molecule has 0 aliphatic rings. The highest BCUT2D eigenvalue weighted by atomic mass is 127. The third kappa shape index (κ3) is 5.35. The van der Waals surface area contributed by atoms with E-state index in [-0.39, 0.29) is 11.3 Å². The number of esters is 1. The zero-order valence-corrected chi connectivity index (χ0v) is 13.1. The summed E-state index contributed by atoms with van der Waals surface area (Å²) in [4.78, 5) is 21.9. The van der Waals surface area contributed by atoms with Crippen LogP contribution in [-0.4, -0.2) is 25.2 Å². The first-order chi connectivity index (χ1) is 9.25. The highest BCUT2D eigenvalue weighted by Gasteiger charge is 2.38. The molecule has 0 heterocycles. The Bertz CT molecular complexity index is 489. The molecule has 0 unspecified atom stereocenters. The zero-order valence-electron chi connectivity index (χ0n) is 11.0. The molecule has 0 aliphatic heterocycles. The number of methoxy groups -OCH3 is 1. The first-order valence-corrected chi connectivity index (χ1v) is 6.59. The lowest BCUT2D eigenvalue weighted by Gasteiger charge is -2.10. The number of hydrogen-bond acceptors (Lipinski definition) is 3. The van der Waals surface area contributed by atoms with Crippen molar-refractivity contribution >= 4 is 40.2 Å². The number of alkyl halides is 3. The van der Waals surface area contributed by atoms with Crippen molar-refractivity contribution in [3.63, 3.8) is 0 Å². The fraction of sp³-hybridized carbons (Fsp3) is 0.333. The Labute approximate surface area is 127 Å². The van der Waals surface area contributed by atoms with Gasteiger partial charge in [-0.1, -0.05) is 13.8 Å². The van der Waals surface area contributed by atoms with E-state index in [1.165, 1.54) is 25.3 Å². The van der Waals surface area contributed by atoms with E-state index in [4.69, 9.17) is 0 Å². The Kier molecular flexibility index (Phi) is 7.54. The molecule has 0 fully saturated rings. The first-order valence-electron chi connectivity index (χ1n) is 5.51. The molecule has 0 spiro atoms. The van der Waals surface area contributed by atoms with Crippen molar-refractivity contribution in [2.24, 2.45) is 0 Å². The maximum Gasteiger partial charge on any atom is 0.471 e. The molecule has 112 valence electrons. The molecule has 0 aliphatic carbocycles. The van der Waals surface area contributed by atoms with Gasteiger partial charge in [0.15, 0.2) is 0 Å². The second-order valence-corrected chi connectivity index (χ2v) is 4.30. The smallest absolute Gasteiger partial charge is 0.465 e. The summed E-state index contributed by atoms with van der Waals surface area (Å²) in [7, 11) is 1.19. The number of anilines is 1. The average Bonchev–Trinajstić information content (AvgIpc) is 2.41. The molecule has 1 amide bonds. The monoisotopic (exact) mass is 403 g/mol. The molecule has 1 rings (SSSR count). The lowest BCUT2D eigenvalue weighted by atomic mass is 10.2.